The van der Waals surface area contributed by atoms with Crippen molar-refractivity contribution in [1.29, 1.82) is 0 Å². The van der Waals surface area contributed by atoms with Gasteiger partial charge in [-0.25, -0.2) is 0 Å². The van der Waals surface area contributed by atoms with Gasteiger partial charge in [0, 0.05) is 12.8 Å². The number of hydrogen-bond donors (Lipinski definition) is 0. The van der Waals surface area contributed by atoms with E-state index in [0.717, 1.165) is 5.92 Å². The van der Waals surface area contributed by atoms with Crippen LogP contribution in [0.25, 0.3) is 0 Å². The lowest BCUT2D eigenvalue weighted by Crippen LogP contribution is -3.00. The van der Waals surface area contributed by atoms with Crippen LogP contribution in [0, 0.1) is 5.92 Å². The van der Waals surface area contributed by atoms with Gasteiger partial charge in [0.05, 0.1) is 20.1 Å². The normalized spacial score (nSPS) is 43.2. The summed E-state index contributed by atoms with van der Waals surface area (Å²) in [5.74, 6) is 0.985. The molecule has 2 aliphatic heterocycles. The molecule has 104 valence electrons. The second-order valence-corrected chi connectivity index (χ2v) is 7.07. The number of fused-ring (bicyclic) bond motifs is 2. The van der Waals surface area contributed by atoms with E-state index in [4.69, 9.17) is 0 Å². The monoisotopic (exact) mass is 361 g/mol. The summed E-state index contributed by atoms with van der Waals surface area (Å²) in [5.41, 5.74) is 4.26. The molecule has 1 nitrogen and oxygen atoms in total. The summed E-state index contributed by atoms with van der Waals surface area (Å²) in [6, 6.07) is 0. The van der Waals surface area contributed by atoms with Crippen molar-refractivity contribution in [3.63, 3.8) is 0 Å². The SMILES string of the molecule is CCC1CC[N+]2(C)CCC3=C(CCC3)C2(C)C1.[I-]. The van der Waals surface area contributed by atoms with Crippen molar-refractivity contribution < 1.29 is 28.5 Å². The number of rotatable bonds is 1. The Bertz CT molecular complexity index is 362. The lowest BCUT2D eigenvalue weighted by atomic mass is 9.70. The minimum absolute atomic E-state index is 0. The minimum atomic E-state index is 0. The first-order valence-electron chi connectivity index (χ1n) is 7.65. The van der Waals surface area contributed by atoms with Crippen molar-refractivity contribution in [2.45, 2.75) is 64.3 Å². The molecule has 3 unspecified atom stereocenters. The van der Waals surface area contributed by atoms with Gasteiger partial charge in [-0.05, 0) is 44.1 Å². The number of halogens is 1. The first-order chi connectivity index (χ1) is 8.09. The number of piperidine rings is 1. The Morgan fingerprint density at radius 3 is 2.72 bits per heavy atom. The van der Waals surface area contributed by atoms with Crippen molar-refractivity contribution in [3.8, 4) is 0 Å². The van der Waals surface area contributed by atoms with Gasteiger partial charge in [-0.15, -0.1) is 0 Å². The highest BCUT2D eigenvalue weighted by atomic mass is 127. The molecular weight excluding hydrogens is 333 g/mol. The van der Waals surface area contributed by atoms with Crippen LogP contribution in [-0.2, 0) is 0 Å². The predicted molar refractivity (Wildman–Crippen MR) is 72.8 cm³/mol. The fraction of sp³-hybridized carbons (Fsp3) is 0.875. The quantitative estimate of drug-likeness (QED) is 0.370. The van der Waals surface area contributed by atoms with Crippen LogP contribution in [0.2, 0.25) is 0 Å². The maximum Gasteiger partial charge on any atom is 0.118 e. The van der Waals surface area contributed by atoms with Crippen LogP contribution in [-0.4, -0.2) is 30.2 Å². The molecule has 18 heavy (non-hydrogen) atoms. The molecule has 3 aliphatic rings. The van der Waals surface area contributed by atoms with Gasteiger partial charge in [0.1, 0.15) is 5.54 Å². The van der Waals surface area contributed by atoms with Crippen LogP contribution in [0.4, 0.5) is 0 Å². The van der Waals surface area contributed by atoms with E-state index in [0.29, 0.717) is 5.54 Å². The van der Waals surface area contributed by atoms with Gasteiger partial charge in [-0.2, -0.15) is 0 Å². The van der Waals surface area contributed by atoms with E-state index in [1.54, 1.807) is 0 Å². The summed E-state index contributed by atoms with van der Waals surface area (Å²) in [6.07, 6.45) is 9.98. The molecule has 0 aromatic carbocycles. The molecule has 3 rings (SSSR count). The molecule has 3 atom stereocenters. The molecule has 1 fully saturated rings. The average Bonchev–Trinajstić information content (AvgIpc) is 2.79. The zero-order valence-corrected chi connectivity index (χ0v) is 14.4. The fourth-order valence-corrected chi connectivity index (χ4v) is 4.87. The summed E-state index contributed by atoms with van der Waals surface area (Å²) in [7, 11) is 2.54. The van der Waals surface area contributed by atoms with Crippen LogP contribution < -0.4 is 24.0 Å². The Morgan fingerprint density at radius 1 is 1.22 bits per heavy atom. The molecule has 0 radical (unpaired) electrons. The molecule has 0 aromatic heterocycles. The topological polar surface area (TPSA) is 0 Å². The zero-order valence-electron chi connectivity index (χ0n) is 12.3. The maximum atomic E-state index is 2.59. The molecular formula is C16H28IN. The van der Waals surface area contributed by atoms with Crippen LogP contribution >= 0.6 is 0 Å². The molecule has 0 bridgehead atoms. The molecule has 0 saturated carbocycles. The molecule has 2 heterocycles. The zero-order chi connectivity index (χ0) is 12.1. The first kappa shape index (κ1) is 14.8. The van der Waals surface area contributed by atoms with Gasteiger partial charge in [0.25, 0.3) is 0 Å². The van der Waals surface area contributed by atoms with Crippen molar-refractivity contribution in [2.24, 2.45) is 5.92 Å². The lowest BCUT2D eigenvalue weighted by molar-refractivity contribution is -0.959. The average molecular weight is 361 g/mol. The smallest absolute Gasteiger partial charge is 0.118 e. The molecule has 0 aromatic rings. The minimum Gasteiger partial charge on any atom is -1.00 e. The van der Waals surface area contributed by atoms with Crippen molar-refractivity contribution >= 4 is 0 Å². The highest BCUT2D eigenvalue weighted by Crippen LogP contribution is 2.51. The second kappa shape index (κ2) is 5.08. The highest BCUT2D eigenvalue weighted by Gasteiger charge is 2.54. The predicted octanol–water partition coefficient (Wildman–Crippen LogP) is 0.900. The Kier molecular flexibility index (Phi) is 4.19. The van der Waals surface area contributed by atoms with Gasteiger partial charge in [-0.3, -0.25) is 0 Å². The molecule has 1 saturated heterocycles. The van der Waals surface area contributed by atoms with Gasteiger partial charge in [-0.1, -0.05) is 18.9 Å². The Morgan fingerprint density at radius 2 is 2.00 bits per heavy atom. The number of quaternary nitrogens is 1. The maximum absolute atomic E-state index is 2.59. The Labute approximate surface area is 130 Å². The fourth-order valence-electron chi connectivity index (χ4n) is 4.87. The van der Waals surface area contributed by atoms with Gasteiger partial charge in [0.15, 0.2) is 0 Å². The molecule has 0 N–H and O–H groups in total. The third-order valence-electron chi connectivity index (χ3n) is 6.38. The van der Waals surface area contributed by atoms with E-state index in [1.165, 1.54) is 62.5 Å². The van der Waals surface area contributed by atoms with Crippen LogP contribution in [0.1, 0.15) is 58.8 Å². The van der Waals surface area contributed by atoms with E-state index < -0.39 is 0 Å². The summed E-state index contributed by atoms with van der Waals surface area (Å²) in [6.45, 7) is 7.81. The second-order valence-electron chi connectivity index (χ2n) is 7.07. The van der Waals surface area contributed by atoms with Gasteiger partial charge < -0.3 is 28.5 Å². The first-order valence-corrected chi connectivity index (χ1v) is 7.65. The van der Waals surface area contributed by atoms with Crippen LogP contribution in [0.3, 0.4) is 0 Å². The van der Waals surface area contributed by atoms with Gasteiger partial charge >= 0.3 is 0 Å². The summed E-state index contributed by atoms with van der Waals surface area (Å²) in [5, 5.41) is 0. The molecule has 0 amide bonds. The van der Waals surface area contributed by atoms with Crippen LogP contribution in [0.5, 0.6) is 0 Å². The Balaban J connectivity index is 0.00000120. The number of hydrogen-bond acceptors (Lipinski definition) is 0. The molecule has 1 aliphatic carbocycles. The number of likely N-dealkylation sites (N-methyl/N-ethyl adjacent to an activating group) is 1. The lowest BCUT2D eigenvalue weighted by Gasteiger charge is -2.57. The molecule has 2 heteroatoms. The van der Waals surface area contributed by atoms with E-state index in [-0.39, 0.29) is 24.0 Å². The van der Waals surface area contributed by atoms with Crippen molar-refractivity contribution in [2.75, 3.05) is 20.1 Å². The van der Waals surface area contributed by atoms with Crippen LogP contribution in [0.15, 0.2) is 11.1 Å². The van der Waals surface area contributed by atoms with Crippen molar-refractivity contribution in [1.82, 2.24) is 0 Å². The highest BCUT2D eigenvalue weighted by molar-refractivity contribution is 5.30. The third kappa shape index (κ3) is 1.98. The summed E-state index contributed by atoms with van der Waals surface area (Å²) in [4.78, 5) is 0. The number of nitrogens with zero attached hydrogens (tertiary/aromatic N) is 1. The molecule has 0 spiro atoms. The van der Waals surface area contributed by atoms with E-state index in [9.17, 15) is 0 Å². The van der Waals surface area contributed by atoms with Crippen molar-refractivity contribution in [3.05, 3.63) is 11.1 Å². The largest absolute Gasteiger partial charge is 1.00 e. The standard InChI is InChI=1S/C16H28N.HI/c1-4-13-8-10-17(3)11-9-14-6-5-7-15(14)16(17,2)12-13;/h13H,4-12H2,1-3H3;1H/q+1;/p-1. The van der Waals surface area contributed by atoms with E-state index >= 15 is 0 Å². The van der Waals surface area contributed by atoms with E-state index in [1.807, 2.05) is 11.1 Å². The Hall–Kier alpha value is 0.430. The summed E-state index contributed by atoms with van der Waals surface area (Å²) >= 11 is 0. The van der Waals surface area contributed by atoms with Gasteiger partial charge in [0.2, 0.25) is 0 Å². The summed E-state index contributed by atoms with van der Waals surface area (Å²) < 4.78 is 1.35. The third-order valence-corrected chi connectivity index (χ3v) is 6.38. The van der Waals surface area contributed by atoms with E-state index in [2.05, 4.69) is 20.9 Å².